The van der Waals surface area contributed by atoms with Crippen LogP contribution in [0.1, 0.15) is 28.0 Å². The largest absolute Gasteiger partial charge is 0.465 e. The molecule has 0 saturated heterocycles. The summed E-state index contributed by atoms with van der Waals surface area (Å²) in [7, 11) is 1.12. The summed E-state index contributed by atoms with van der Waals surface area (Å²) in [5, 5.41) is 0. The van der Waals surface area contributed by atoms with E-state index in [4.69, 9.17) is 5.73 Å². The maximum absolute atomic E-state index is 12.6. The first kappa shape index (κ1) is 13.2. The van der Waals surface area contributed by atoms with E-state index >= 15 is 0 Å². The molecule has 0 aromatic carbocycles. The highest BCUT2D eigenvalue weighted by Crippen LogP contribution is 2.24. The van der Waals surface area contributed by atoms with Gasteiger partial charge in [0.25, 0.3) is 6.43 Å². The first-order valence-electron chi connectivity index (χ1n) is 4.27. The van der Waals surface area contributed by atoms with E-state index in [1.54, 1.807) is 22.6 Å². The van der Waals surface area contributed by atoms with Crippen molar-refractivity contribution in [3.8, 4) is 0 Å². The Morgan fingerprint density at radius 2 is 2.31 bits per heavy atom. The Morgan fingerprint density at radius 1 is 1.69 bits per heavy atom. The van der Waals surface area contributed by atoms with Gasteiger partial charge in [0.1, 0.15) is 9.39 Å². The second-order valence-corrected chi connectivity index (χ2v) is 3.89. The quantitative estimate of drug-likeness (QED) is 0.518. The first-order valence-corrected chi connectivity index (χ1v) is 5.35. The van der Waals surface area contributed by atoms with Crippen molar-refractivity contribution in [1.82, 2.24) is 4.98 Å². The predicted molar refractivity (Wildman–Crippen MR) is 61.1 cm³/mol. The summed E-state index contributed by atoms with van der Waals surface area (Å²) in [4.78, 5) is 14.9. The van der Waals surface area contributed by atoms with Crippen LogP contribution in [0, 0.1) is 3.70 Å². The van der Waals surface area contributed by atoms with Gasteiger partial charge in [-0.05, 0) is 34.2 Å². The van der Waals surface area contributed by atoms with Gasteiger partial charge in [0, 0.05) is 6.54 Å². The minimum Gasteiger partial charge on any atom is -0.465 e. The Morgan fingerprint density at radius 3 is 2.75 bits per heavy atom. The van der Waals surface area contributed by atoms with Crippen LogP contribution in [-0.4, -0.2) is 18.1 Å². The summed E-state index contributed by atoms with van der Waals surface area (Å²) in [6.07, 6.45) is -2.82. The number of carbonyl (C=O) groups is 1. The molecule has 1 heterocycles. The highest BCUT2D eigenvalue weighted by atomic mass is 127. The Balaban J connectivity index is 3.36. The van der Waals surface area contributed by atoms with Crippen LogP contribution in [0.25, 0.3) is 0 Å². The number of hydrogen-bond acceptors (Lipinski definition) is 4. The van der Waals surface area contributed by atoms with Crippen LogP contribution in [0.3, 0.4) is 0 Å². The Bertz CT molecular complexity index is 413. The fourth-order valence-corrected chi connectivity index (χ4v) is 1.76. The second kappa shape index (κ2) is 5.48. The zero-order valence-corrected chi connectivity index (χ0v) is 10.5. The van der Waals surface area contributed by atoms with Gasteiger partial charge < -0.3 is 10.5 Å². The maximum Gasteiger partial charge on any atom is 0.339 e. The van der Waals surface area contributed by atoms with Crippen LogP contribution in [-0.2, 0) is 11.3 Å². The van der Waals surface area contributed by atoms with E-state index in [0.29, 0.717) is 9.26 Å². The van der Waals surface area contributed by atoms with Crippen LogP contribution in [0.4, 0.5) is 8.78 Å². The molecule has 16 heavy (non-hydrogen) atoms. The molecule has 4 nitrogen and oxygen atoms in total. The average Bonchev–Trinajstić information content (AvgIpc) is 2.27. The molecule has 0 spiro atoms. The fourth-order valence-electron chi connectivity index (χ4n) is 1.13. The summed E-state index contributed by atoms with van der Waals surface area (Å²) in [6, 6.07) is 1.29. The van der Waals surface area contributed by atoms with E-state index in [1.807, 2.05) is 0 Å². The number of nitrogens with two attached hydrogens (primary N) is 1. The molecule has 1 aromatic heterocycles. The Labute approximate surface area is 104 Å². The lowest BCUT2D eigenvalue weighted by Crippen LogP contribution is -2.12. The number of rotatable bonds is 3. The number of pyridine rings is 1. The van der Waals surface area contributed by atoms with Crippen molar-refractivity contribution in [2.75, 3.05) is 7.11 Å². The molecule has 0 fully saturated rings. The SMILES string of the molecule is COC(=O)c1cc(CN)c(I)nc1C(F)F. The maximum atomic E-state index is 12.6. The summed E-state index contributed by atoms with van der Waals surface area (Å²) in [6.45, 7) is 0.124. The highest BCUT2D eigenvalue weighted by molar-refractivity contribution is 14.1. The number of carbonyl (C=O) groups excluding carboxylic acids is 1. The van der Waals surface area contributed by atoms with Gasteiger partial charge in [-0.1, -0.05) is 0 Å². The standard InChI is InChI=1S/C9H9F2IN2O2/c1-16-9(15)5-2-4(3-13)8(12)14-6(5)7(10)11/h2,7H,3,13H2,1H3. The molecule has 0 aliphatic heterocycles. The number of hydrogen-bond donors (Lipinski definition) is 1. The van der Waals surface area contributed by atoms with Gasteiger partial charge in [-0.25, -0.2) is 18.6 Å². The van der Waals surface area contributed by atoms with Crippen molar-refractivity contribution in [2.45, 2.75) is 13.0 Å². The number of alkyl halides is 2. The van der Waals surface area contributed by atoms with E-state index in [1.165, 1.54) is 6.07 Å². The third-order valence-electron chi connectivity index (χ3n) is 1.91. The molecule has 0 saturated carbocycles. The number of ether oxygens (including phenoxy) is 1. The molecule has 0 amide bonds. The molecular formula is C9H9F2IN2O2. The number of nitrogens with zero attached hydrogens (tertiary/aromatic N) is 1. The monoisotopic (exact) mass is 342 g/mol. The van der Waals surface area contributed by atoms with Crippen molar-refractivity contribution in [3.63, 3.8) is 0 Å². The van der Waals surface area contributed by atoms with Crippen molar-refractivity contribution >= 4 is 28.6 Å². The predicted octanol–water partition coefficient (Wildman–Crippen LogP) is 1.87. The van der Waals surface area contributed by atoms with Crippen molar-refractivity contribution in [2.24, 2.45) is 5.73 Å². The van der Waals surface area contributed by atoms with E-state index in [0.717, 1.165) is 7.11 Å². The minimum absolute atomic E-state index is 0.124. The molecule has 0 bridgehead atoms. The summed E-state index contributed by atoms with van der Waals surface area (Å²) < 4.78 is 30.0. The number of aromatic nitrogens is 1. The van der Waals surface area contributed by atoms with E-state index < -0.39 is 18.1 Å². The molecule has 0 aliphatic carbocycles. The fraction of sp³-hybridized carbons (Fsp3) is 0.333. The third kappa shape index (κ3) is 2.64. The number of esters is 1. The molecule has 1 aromatic rings. The summed E-state index contributed by atoms with van der Waals surface area (Å²) >= 11 is 1.79. The van der Waals surface area contributed by atoms with E-state index in [9.17, 15) is 13.6 Å². The highest BCUT2D eigenvalue weighted by Gasteiger charge is 2.22. The second-order valence-electron chi connectivity index (χ2n) is 2.87. The van der Waals surface area contributed by atoms with Gasteiger partial charge in [-0.15, -0.1) is 0 Å². The lowest BCUT2D eigenvalue weighted by molar-refractivity contribution is 0.0587. The Hall–Kier alpha value is -0.830. The first-order chi connectivity index (χ1) is 7.51. The molecule has 2 N–H and O–H groups in total. The van der Waals surface area contributed by atoms with Gasteiger partial charge in [-0.2, -0.15) is 0 Å². The number of methoxy groups -OCH3 is 1. The van der Waals surface area contributed by atoms with Gasteiger partial charge in [0.2, 0.25) is 0 Å². The molecule has 0 unspecified atom stereocenters. The Kier molecular flexibility index (Phi) is 4.54. The van der Waals surface area contributed by atoms with Crippen molar-refractivity contribution in [3.05, 3.63) is 26.6 Å². The molecule has 7 heteroatoms. The van der Waals surface area contributed by atoms with Gasteiger partial charge >= 0.3 is 5.97 Å². The minimum atomic E-state index is -2.82. The van der Waals surface area contributed by atoms with Gasteiger partial charge in [0.05, 0.1) is 12.7 Å². The molecule has 0 radical (unpaired) electrons. The molecule has 0 aliphatic rings. The van der Waals surface area contributed by atoms with E-state index in [-0.39, 0.29) is 12.1 Å². The topological polar surface area (TPSA) is 65.2 Å². The van der Waals surface area contributed by atoms with Crippen molar-refractivity contribution in [1.29, 1.82) is 0 Å². The van der Waals surface area contributed by atoms with Crippen LogP contribution in [0.2, 0.25) is 0 Å². The molecular weight excluding hydrogens is 333 g/mol. The molecule has 0 atom stereocenters. The number of halogens is 3. The lowest BCUT2D eigenvalue weighted by atomic mass is 10.1. The van der Waals surface area contributed by atoms with E-state index in [2.05, 4.69) is 9.72 Å². The smallest absolute Gasteiger partial charge is 0.339 e. The molecule has 88 valence electrons. The van der Waals surface area contributed by atoms with Crippen LogP contribution in [0.15, 0.2) is 6.07 Å². The zero-order valence-electron chi connectivity index (χ0n) is 8.34. The zero-order chi connectivity index (χ0) is 12.3. The normalized spacial score (nSPS) is 10.6. The molecule has 1 rings (SSSR count). The van der Waals surface area contributed by atoms with Crippen molar-refractivity contribution < 1.29 is 18.3 Å². The lowest BCUT2D eigenvalue weighted by Gasteiger charge is -2.09. The van der Waals surface area contributed by atoms with Crippen LogP contribution >= 0.6 is 22.6 Å². The van der Waals surface area contributed by atoms with Crippen LogP contribution < -0.4 is 5.73 Å². The summed E-state index contributed by atoms with van der Waals surface area (Å²) in [5.41, 5.74) is 5.12. The third-order valence-corrected chi connectivity index (χ3v) is 2.84. The van der Waals surface area contributed by atoms with Crippen LogP contribution in [0.5, 0.6) is 0 Å². The summed E-state index contributed by atoms with van der Waals surface area (Å²) in [5.74, 6) is -0.839. The average molecular weight is 342 g/mol. The van der Waals surface area contributed by atoms with Gasteiger partial charge in [-0.3, -0.25) is 0 Å². The van der Waals surface area contributed by atoms with Gasteiger partial charge in [0.15, 0.2) is 0 Å².